The standard InChI is InChI=1S/C12H17F3N2/c1-3-4-8(2)11(16)9-7-17-6-5-10(9)12(13,14)15/h5-8,11H,3-4,16H2,1-2H3. The van der Waals surface area contributed by atoms with Crippen molar-refractivity contribution in [2.75, 3.05) is 0 Å². The van der Waals surface area contributed by atoms with Gasteiger partial charge in [0.15, 0.2) is 0 Å². The summed E-state index contributed by atoms with van der Waals surface area (Å²) in [5, 5.41) is 0. The SMILES string of the molecule is CCCC(C)C(N)c1cnccc1C(F)(F)F. The lowest BCUT2D eigenvalue weighted by molar-refractivity contribution is -0.138. The molecule has 0 spiro atoms. The van der Waals surface area contributed by atoms with Crippen LogP contribution in [0.4, 0.5) is 13.2 Å². The molecule has 0 amide bonds. The van der Waals surface area contributed by atoms with Gasteiger partial charge in [0.2, 0.25) is 0 Å². The van der Waals surface area contributed by atoms with Crippen molar-refractivity contribution in [1.82, 2.24) is 4.98 Å². The molecule has 17 heavy (non-hydrogen) atoms. The number of hydrogen-bond acceptors (Lipinski definition) is 2. The third-order valence-electron chi connectivity index (χ3n) is 2.87. The lowest BCUT2D eigenvalue weighted by Gasteiger charge is -2.22. The molecule has 0 saturated carbocycles. The van der Waals surface area contributed by atoms with Crippen LogP contribution in [-0.4, -0.2) is 4.98 Å². The molecular weight excluding hydrogens is 229 g/mol. The Morgan fingerprint density at radius 3 is 2.59 bits per heavy atom. The summed E-state index contributed by atoms with van der Waals surface area (Å²) in [4.78, 5) is 3.74. The highest BCUT2D eigenvalue weighted by molar-refractivity contribution is 5.29. The van der Waals surface area contributed by atoms with Crippen molar-refractivity contribution in [3.05, 3.63) is 29.6 Å². The van der Waals surface area contributed by atoms with Crippen LogP contribution in [0.15, 0.2) is 18.5 Å². The first-order valence-electron chi connectivity index (χ1n) is 5.64. The summed E-state index contributed by atoms with van der Waals surface area (Å²) in [6.07, 6.45) is -0.311. The van der Waals surface area contributed by atoms with Crippen molar-refractivity contribution >= 4 is 0 Å². The van der Waals surface area contributed by atoms with E-state index in [1.165, 1.54) is 6.20 Å². The quantitative estimate of drug-likeness (QED) is 0.882. The van der Waals surface area contributed by atoms with Crippen molar-refractivity contribution in [3.63, 3.8) is 0 Å². The van der Waals surface area contributed by atoms with Crippen LogP contribution in [0.25, 0.3) is 0 Å². The zero-order valence-corrected chi connectivity index (χ0v) is 9.96. The molecule has 2 atom stereocenters. The van der Waals surface area contributed by atoms with Gasteiger partial charge >= 0.3 is 6.18 Å². The van der Waals surface area contributed by atoms with Crippen LogP contribution in [0.1, 0.15) is 43.9 Å². The van der Waals surface area contributed by atoms with Crippen molar-refractivity contribution in [2.45, 2.75) is 38.9 Å². The van der Waals surface area contributed by atoms with E-state index in [4.69, 9.17) is 5.73 Å². The van der Waals surface area contributed by atoms with E-state index in [1.807, 2.05) is 13.8 Å². The summed E-state index contributed by atoms with van der Waals surface area (Å²) >= 11 is 0. The third-order valence-corrected chi connectivity index (χ3v) is 2.87. The minimum atomic E-state index is -4.37. The molecule has 2 N–H and O–H groups in total. The highest BCUT2D eigenvalue weighted by Crippen LogP contribution is 2.35. The Labute approximate surface area is 99.0 Å². The molecule has 1 aromatic heterocycles. The Hall–Kier alpha value is -1.10. The first-order valence-corrected chi connectivity index (χ1v) is 5.64. The average molecular weight is 246 g/mol. The molecule has 2 unspecified atom stereocenters. The van der Waals surface area contributed by atoms with Gasteiger partial charge in [-0.05, 0) is 24.0 Å². The average Bonchev–Trinajstić information content (AvgIpc) is 2.27. The molecular formula is C12H17F3N2. The van der Waals surface area contributed by atoms with E-state index in [-0.39, 0.29) is 11.5 Å². The van der Waals surface area contributed by atoms with Crippen molar-refractivity contribution in [1.29, 1.82) is 0 Å². The Bertz CT molecular complexity index is 363. The van der Waals surface area contributed by atoms with Crippen LogP contribution in [0, 0.1) is 5.92 Å². The van der Waals surface area contributed by atoms with Gasteiger partial charge in [-0.1, -0.05) is 20.3 Å². The summed E-state index contributed by atoms with van der Waals surface area (Å²) in [6.45, 7) is 3.85. The van der Waals surface area contributed by atoms with Crippen molar-refractivity contribution in [3.8, 4) is 0 Å². The van der Waals surface area contributed by atoms with Crippen LogP contribution in [0.2, 0.25) is 0 Å². The molecule has 0 aliphatic rings. The molecule has 1 rings (SSSR count). The van der Waals surface area contributed by atoms with Crippen LogP contribution in [0.3, 0.4) is 0 Å². The fourth-order valence-corrected chi connectivity index (χ4v) is 1.87. The van der Waals surface area contributed by atoms with E-state index in [1.54, 1.807) is 0 Å². The molecule has 2 nitrogen and oxygen atoms in total. The molecule has 0 aromatic carbocycles. The maximum absolute atomic E-state index is 12.8. The zero-order chi connectivity index (χ0) is 13.1. The molecule has 0 radical (unpaired) electrons. The molecule has 1 heterocycles. The fourth-order valence-electron chi connectivity index (χ4n) is 1.87. The molecule has 0 bridgehead atoms. The number of pyridine rings is 1. The summed E-state index contributed by atoms with van der Waals surface area (Å²) in [5.41, 5.74) is 5.29. The molecule has 0 aliphatic carbocycles. The van der Waals surface area contributed by atoms with E-state index < -0.39 is 17.8 Å². The van der Waals surface area contributed by atoms with Crippen LogP contribution in [0.5, 0.6) is 0 Å². The van der Waals surface area contributed by atoms with E-state index in [0.717, 1.165) is 25.1 Å². The lowest BCUT2D eigenvalue weighted by atomic mass is 9.90. The number of nitrogens with zero attached hydrogens (tertiary/aromatic N) is 1. The van der Waals surface area contributed by atoms with Gasteiger partial charge in [-0.3, -0.25) is 4.98 Å². The minimum Gasteiger partial charge on any atom is -0.324 e. The molecule has 0 fully saturated rings. The number of alkyl halides is 3. The second kappa shape index (κ2) is 5.49. The topological polar surface area (TPSA) is 38.9 Å². The largest absolute Gasteiger partial charge is 0.416 e. The first-order chi connectivity index (χ1) is 7.88. The summed E-state index contributed by atoms with van der Waals surface area (Å²) < 4.78 is 38.3. The van der Waals surface area contributed by atoms with Gasteiger partial charge in [0, 0.05) is 18.4 Å². The molecule has 0 saturated heterocycles. The molecule has 0 aliphatic heterocycles. The molecule has 5 heteroatoms. The van der Waals surface area contributed by atoms with Gasteiger partial charge in [0.1, 0.15) is 0 Å². The van der Waals surface area contributed by atoms with Crippen molar-refractivity contribution < 1.29 is 13.2 Å². The van der Waals surface area contributed by atoms with E-state index in [9.17, 15) is 13.2 Å². The normalized spacial score (nSPS) is 15.6. The van der Waals surface area contributed by atoms with E-state index in [0.29, 0.717) is 0 Å². The molecule has 96 valence electrons. The first kappa shape index (κ1) is 14.0. The van der Waals surface area contributed by atoms with Gasteiger partial charge in [-0.25, -0.2) is 0 Å². The Balaban J connectivity index is 3.05. The minimum absolute atomic E-state index is 0.00491. The maximum Gasteiger partial charge on any atom is 0.416 e. The predicted molar refractivity (Wildman–Crippen MR) is 60.2 cm³/mol. The number of nitrogens with two attached hydrogens (primary N) is 1. The number of rotatable bonds is 4. The smallest absolute Gasteiger partial charge is 0.324 e. The Kier molecular flexibility index (Phi) is 4.51. The fraction of sp³-hybridized carbons (Fsp3) is 0.583. The maximum atomic E-state index is 12.8. The second-order valence-corrected chi connectivity index (χ2v) is 4.25. The summed E-state index contributed by atoms with van der Waals surface area (Å²) in [6, 6.07) is 0.355. The second-order valence-electron chi connectivity index (χ2n) is 4.25. The van der Waals surface area contributed by atoms with E-state index >= 15 is 0 Å². The number of halogens is 3. The van der Waals surface area contributed by atoms with Crippen molar-refractivity contribution in [2.24, 2.45) is 11.7 Å². The van der Waals surface area contributed by atoms with Gasteiger partial charge < -0.3 is 5.73 Å². The van der Waals surface area contributed by atoms with Gasteiger partial charge in [0.25, 0.3) is 0 Å². The summed E-state index contributed by atoms with van der Waals surface area (Å²) in [7, 11) is 0. The van der Waals surface area contributed by atoms with Gasteiger partial charge in [-0.15, -0.1) is 0 Å². The van der Waals surface area contributed by atoms with Crippen LogP contribution < -0.4 is 5.73 Å². The van der Waals surface area contributed by atoms with Gasteiger partial charge in [-0.2, -0.15) is 13.2 Å². The third kappa shape index (κ3) is 3.43. The lowest BCUT2D eigenvalue weighted by Crippen LogP contribution is -2.23. The molecule has 1 aromatic rings. The predicted octanol–water partition coefficient (Wildman–Crippen LogP) is 3.54. The van der Waals surface area contributed by atoms with E-state index in [2.05, 4.69) is 4.98 Å². The van der Waals surface area contributed by atoms with Gasteiger partial charge in [0.05, 0.1) is 5.56 Å². The number of aromatic nitrogens is 1. The van der Waals surface area contributed by atoms with Crippen LogP contribution >= 0.6 is 0 Å². The summed E-state index contributed by atoms with van der Waals surface area (Å²) in [5.74, 6) is 0.00491. The number of hydrogen-bond donors (Lipinski definition) is 1. The van der Waals surface area contributed by atoms with Crippen LogP contribution in [-0.2, 0) is 6.18 Å². The zero-order valence-electron chi connectivity index (χ0n) is 9.96. The highest BCUT2D eigenvalue weighted by atomic mass is 19.4. The highest BCUT2D eigenvalue weighted by Gasteiger charge is 2.35. The monoisotopic (exact) mass is 246 g/mol. The Morgan fingerprint density at radius 1 is 1.41 bits per heavy atom. The Morgan fingerprint density at radius 2 is 2.06 bits per heavy atom.